The number of carbonyl (C=O) groups is 1. The molecule has 2 saturated heterocycles. The number of carbonyl (C=O) groups excluding carboxylic acids is 1. The second-order valence-electron chi connectivity index (χ2n) is 17.1. The molecule has 0 spiro atoms. The van der Waals surface area contributed by atoms with E-state index in [0.717, 1.165) is 68.6 Å². The SMILES string of the molecule is CC(C)=CCN1CC[C@@]2(C)c3cc(O)ccc3C[C@@H]1[C@@H]2C.CCC(=O)n1c(=O)n(C2CCN(CCC(C#N)(c3ccccc3)c3ccccc3)CC2)c2ccccc21. The summed E-state index contributed by atoms with van der Waals surface area (Å²) < 4.78 is 3.16. The van der Waals surface area contributed by atoms with Crippen molar-refractivity contribution in [2.24, 2.45) is 5.92 Å². The number of piperidine rings is 2. The predicted molar refractivity (Wildman–Crippen MR) is 233 cm³/mol. The van der Waals surface area contributed by atoms with Crippen LogP contribution in [-0.2, 0) is 17.3 Å². The number of hydrogen-bond donors (Lipinski definition) is 1. The molecule has 4 aromatic carbocycles. The van der Waals surface area contributed by atoms with Crippen molar-refractivity contribution in [3.63, 3.8) is 0 Å². The van der Waals surface area contributed by atoms with E-state index in [2.05, 4.69) is 55.7 Å². The molecule has 3 heterocycles. The van der Waals surface area contributed by atoms with Gasteiger partial charge in [0.25, 0.3) is 0 Å². The third kappa shape index (κ3) is 7.83. The quantitative estimate of drug-likeness (QED) is 0.150. The van der Waals surface area contributed by atoms with Crippen molar-refractivity contribution in [3.05, 3.63) is 148 Å². The van der Waals surface area contributed by atoms with Gasteiger partial charge in [0.05, 0.1) is 17.1 Å². The summed E-state index contributed by atoms with van der Waals surface area (Å²) in [4.78, 5) is 30.9. The Labute approximate surface area is 344 Å². The number of para-hydroxylation sites is 2. The number of fused-ring (bicyclic) bond motifs is 5. The normalized spacial score (nSPS) is 21.0. The highest BCUT2D eigenvalue weighted by Gasteiger charge is 2.48. The van der Waals surface area contributed by atoms with Gasteiger partial charge in [0.1, 0.15) is 11.2 Å². The summed E-state index contributed by atoms with van der Waals surface area (Å²) in [5.41, 5.74) is 7.00. The third-order valence-corrected chi connectivity index (χ3v) is 13.6. The van der Waals surface area contributed by atoms with Crippen LogP contribution in [0, 0.1) is 17.2 Å². The van der Waals surface area contributed by atoms with Gasteiger partial charge in [0.2, 0.25) is 5.91 Å². The lowest BCUT2D eigenvalue weighted by atomic mass is 9.59. The summed E-state index contributed by atoms with van der Waals surface area (Å²) in [5, 5.41) is 20.3. The lowest BCUT2D eigenvalue weighted by Gasteiger charge is -2.54. The van der Waals surface area contributed by atoms with Crippen molar-refractivity contribution in [1.29, 1.82) is 5.26 Å². The topological polar surface area (TPSA) is 94.5 Å². The van der Waals surface area contributed by atoms with Gasteiger partial charge in [-0.3, -0.25) is 14.3 Å². The van der Waals surface area contributed by atoms with E-state index in [1.165, 1.54) is 27.7 Å². The molecule has 8 nitrogen and oxygen atoms in total. The summed E-state index contributed by atoms with van der Waals surface area (Å²) in [7, 11) is 0. The molecule has 1 aliphatic carbocycles. The molecule has 0 amide bonds. The Bertz CT molecular complexity index is 2300. The first-order chi connectivity index (χ1) is 28.0. The number of rotatable bonds is 9. The maximum absolute atomic E-state index is 13.3. The summed E-state index contributed by atoms with van der Waals surface area (Å²) in [6, 6.07) is 37.0. The van der Waals surface area contributed by atoms with E-state index < -0.39 is 5.41 Å². The number of nitrogens with zero attached hydrogens (tertiary/aromatic N) is 5. The lowest BCUT2D eigenvalue weighted by Crippen LogP contribution is -2.57. The minimum absolute atomic E-state index is 0.0449. The zero-order chi connectivity index (χ0) is 41.0. The minimum Gasteiger partial charge on any atom is -0.508 e. The van der Waals surface area contributed by atoms with Gasteiger partial charge >= 0.3 is 5.69 Å². The van der Waals surface area contributed by atoms with E-state index >= 15 is 0 Å². The van der Waals surface area contributed by atoms with Crippen LogP contribution >= 0.6 is 0 Å². The molecule has 2 bridgehead atoms. The predicted octanol–water partition coefficient (Wildman–Crippen LogP) is 9.27. The molecule has 5 aromatic rings. The highest BCUT2D eigenvalue weighted by atomic mass is 16.3. The Kier molecular flexibility index (Phi) is 12.2. The van der Waals surface area contributed by atoms with E-state index in [1.807, 2.05) is 102 Å². The molecular formula is C50H59N5O3. The average Bonchev–Trinajstić information content (AvgIpc) is 3.54. The van der Waals surface area contributed by atoms with Crippen LogP contribution in [-0.4, -0.2) is 68.7 Å². The van der Waals surface area contributed by atoms with Crippen LogP contribution in [0.1, 0.15) is 99.8 Å². The molecule has 2 aliphatic heterocycles. The van der Waals surface area contributed by atoms with E-state index in [9.17, 15) is 20.0 Å². The number of allylic oxidation sites excluding steroid dienone is 1. The van der Waals surface area contributed by atoms with Gasteiger partial charge in [-0.1, -0.05) is 111 Å². The molecule has 3 aliphatic rings. The van der Waals surface area contributed by atoms with Gasteiger partial charge in [-0.25, -0.2) is 9.36 Å². The van der Waals surface area contributed by atoms with Crippen LogP contribution in [0.3, 0.4) is 0 Å². The fourth-order valence-corrected chi connectivity index (χ4v) is 9.96. The first-order valence-corrected chi connectivity index (χ1v) is 21.2. The lowest BCUT2D eigenvalue weighted by molar-refractivity contribution is 0.0397. The van der Waals surface area contributed by atoms with Gasteiger partial charge in [-0.15, -0.1) is 0 Å². The fourth-order valence-electron chi connectivity index (χ4n) is 9.96. The first kappa shape index (κ1) is 40.9. The molecule has 0 radical (unpaired) electrons. The highest BCUT2D eigenvalue weighted by molar-refractivity contribution is 5.90. The molecule has 0 unspecified atom stereocenters. The molecule has 0 saturated carbocycles. The number of aromatic nitrogens is 2. The Morgan fingerprint density at radius 1 is 0.914 bits per heavy atom. The second kappa shape index (κ2) is 17.3. The van der Waals surface area contributed by atoms with Crippen LogP contribution in [0.4, 0.5) is 0 Å². The zero-order valence-electron chi connectivity index (χ0n) is 34.9. The van der Waals surface area contributed by atoms with Crippen molar-refractivity contribution in [3.8, 4) is 11.8 Å². The monoisotopic (exact) mass is 777 g/mol. The number of likely N-dealkylation sites (tertiary alicyclic amines) is 2. The molecule has 1 aromatic heterocycles. The molecule has 2 fully saturated rings. The third-order valence-electron chi connectivity index (χ3n) is 13.6. The van der Waals surface area contributed by atoms with Crippen LogP contribution in [0.5, 0.6) is 5.75 Å². The maximum atomic E-state index is 13.3. The van der Waals surface area contributed by atoms with E-state index in [4.69, 9.17) is 0 Å². The molecule has 8 heteroatoms. The first-order valence-electron chi connectivity index (χ1n) is 21.2. The van der Waals surface area contributed by atoms with Gasteiger partial charge in [-0.05, 0) is 110 Å². The molecule has 3 atom stereocenters. The number of imidazole rings is 1. The number of phenolic OH excluding ortho intramolecular Hbond substituents is 1. The molecule has 8 rings (SSSR count). The van der Waals surface area contributed by atoms with Gasteiger partial charge in [0, 0.05) is 44.7 Å². The van der Waals surface area contributed by atoms with Crippen molar-refractivity contribution >= 4 is 16.9 Å². The number of phenols is 1. The number of nitriles is 1. The molecule has 302 valence electrons. The van der Waals surface area contributed by atoms with Crippen LogP contribution in [0.25, 0.3) is 11.0 Å². The van der Waals surface area contributed by atoms with Crippen molar-refractivity contribution in [2.45, 2.75) is 96.1 Å². The summed E-state index contributed by atoms with van der Waals surface area (Å²) >= 11 is 0. The van der Waals surface area contributed by atoms with Crippen molar-refractivity contribution in [2.75, 3.05) is 32.7 Å². The Hall–Kier alpha value is -5.23. The Morgan fingerprint density at radius 3 is 2.14 bits per heavy atom. The van der Waals surface area contributed by atoms with Crippen molar-refractivity contribution in [1.82, 2.24) is 18.9 Å². The smallest absolute Gasteiger partial charge is 0.336 e. The summed E-state index contributed by atoms with van der Waals surface area (Å²) in [5.74, 6) is 0.866. The summed E-state index contributed by atoms with van der Waals surface area (Å²) in [6.07, 6.45) is 7.26. The number of aromatic hydroxyl groups is 1. The van der Waals surface area contributed by atoms with Crippen LogP contribution in [0.15, 0.2) is 120 Å². The van der Waals surface area contributed by atoms with Gasteiger partial charge < -0.3 is 10.0 Å². The zero-order valence-corrected chi connectivity index (χ0v) is 34.9. The Morgan fingerprint density at radius 2 is 1.53 bits per heavy atom. The standard InChI is InChI=1S/C31H32N4O2.C19H27NO/c1-2-29(36)35-28-16-10-9-15-27(28)34(30(35)37)26-17-20-33(21-18-26)22-19-31(23-32,24-11-5-3-6-12-24)25-13-7-4-8-14-25;1-13(2)7-9-20-10-8-19(4)14(3)18(20)11-15-5-6-16(21)12-17(15)19/h3-16,26H,2,17-22H2,1H3;5-7,12,14,18,21H,8-11H2,1-4H3/t;14-,18+,19+/m.0/s1. The van der Waals surface area contributed by atoms with Gasteiger partial charge in [0.15, 0.2) is 0 Å². The average molecular weight is 778 g/mol. The van der Waals surface area contributed by atoms with E-state index in [1.54, 1.807) is 6.92 Å². The largest absolute Gasteiger partial charge is 0.508 e. The van der Waals surface area contributed by atoms with Crippen molar-refractivity contribution < 1.29 is 9.90 Å². The Balaban J connectivity index is 0.000000206. The number of hydrogen-bond acceptors (Lipinski definition) is 6. The van der Waals surface area contributed by atoms with Crippen LogP contribution < -0.4 is 5.69 Å². The number of benzene rings is 4. The molecule has 58 heavy (non-hydrogen) atoms. The highest BCUT2D eigenvalue weighted by Crippen LogP contribution is 2.49. The molecule has 1 N–H and O–H groups in total. The fraction of sp³-hybridized carbons (Fsp3) is 0.420. The summed E-state index contributed by atoms with van der Waals surface area (Å²) in [6.45, 7) is 15.6. The second-order valence-corrected chi connectivity index (χ2v) is 17.1. The maximum Gasteiger partial charge on any atom is 0.336 e. The minimum atomic E-state index is -0.718. The van der Waals surface area contributed by atoms with E-state index in [0.29, 0.717) is 29.6 Å². The van der Waals surface area contributed by atoms with Gasteiger partial charge in [-0.2, -0.15) is 5.26 Å². The van der Waals surface area contributed by atoms with E-state index in [-0.39, 0.29) is 29.5 Å². The molecular weight excluding hydrogens is 719 g/mol. The van der Waals surface area contributed by atoms with Crippen LogP contribution in [0.2, 0.25) is 0 Å².